The molecule has 0 bridgehead atoms. The fourth-order valence-electron chi connectivity index (χ4n) is 2.30. The predicted molar refractivity (Wildman–Crippen MR) is 72.8 cm³/mol. The summed E-state index contributed by atoms with van der Waals surface area (Å²) in [5.74, 6) is 3.20. The third-order valence-corrected chi connectivity index (χ3v) is 4.56. The molecule has 0 spiro atoms. The van der Waals surface area contributed by atoms with Crippen LogP contribution in [0.1, 0.15) is 36.9 Å². The minimum Gasteiger partial charge on any atom is -0.324 e. The fraction of sp³-hybridized carbons (Fsp3) is 0.571. The second kappa shape index (κ2) is 5.74. The van der Waals surface area contributed by atoms with Crippen molar-refractivity contribution >= 4 is 11.8 Å². The van der Waals surface area contributed by atoms with Crippen LogP contribution in [0.15, 0.2) is 24.3 Å². The zero-order valence-corrected chi connectivity index (χ0v) is 10.8. The lowest BCUT2D eigenvalue weighted by Crippen LogP contribution is -2.21. The SMILES string of the molecule is CCCc1ccc(C(N)C2CCSC2)cc1. The third kappa shape index (κ3) is 2.80. The first-order valence-electron chi connectivity index (χ1n) is 6.23. The highest BCUT2D eigenvalue weighted by atomic mass is 32.2. The Balaban J connectivity index is 2.02. The number of rotatable bonds is 4. The molecule has 2 rings (SSSR count). The Labute approximate surface area is 103 Å². The first-order chi connectivity index (χ1) is 7.81. The lowest BCUT2D eigenvalue weighted by Gasteiger charge is -2.18. The number of aryl methyl sites for hydroxylation is 1. The molecule has 2 N–H and O–H groups in total. The van der Waals surface area contributed by atoms with Crippen LogP contribution in [-0.4, -0.2) is 11.5 Å². The molecule has 1 saturated heterocycles. The molecule has 1 aliphatic rings. The van der Waals surface area contributed by atoms with Crippen LogP contribution in [0.2, 0.25) is 0 Å². The second-order valence-electron chi connectivity index (χ2n) is 4.64. The summed E-state index contributed by atoms with van der Waals surface area (Å²) in [7, 11) is 0. The third-order valence-electron chi connectivity index (χ3n) is 3.38. The van der Waals surface area contributed by atoms with Gasteiger partial charge in [0.15, 0.2) is 0 Å². The molecule has 0 radical (unpaired) electrons. The van der Waals surface area contributed by atoms with Gasteiger partial charge in [-0.15, -0.1) is 0 Å². The van der Waals surface area contributed by atoms with E-state index in [0.29, 0.717) is 5.92 Å². The van der Waals surface area contributed by atoms with Crippen molar-refractivity contribution in [2.75, 3.05) is 11.5 Å². The lowest BCUT2D eigenvalue weighted by atomic mass is 9.92. The van der Waals surface area contributed by atoms with Crippen LogP contribution in [0.25, 0.3) is 0 Å². The number of nitrogens with two attached hydrogens (primary N) is 1. The minimum absolute atomic E-state index is 0.241. The maximum atomic E-state index is 6.31. The van der Waals surface area contributed by atoms with E-state index >= 15 is 0 Å². The Kier molecular flexibility index (Phi) is 4.30. The monoisotopic (exact) mass is 235 g/mol. The van der Waals surface area contributed by atoms with Gasteiger partial charge in [-0.25, -0.2) is 0 Å². The molecule has 2 unspecified atom stereocenters. The largest absolute Gasteiger partial charge is 0.324 e. The van der Waals surface area contributed by atoms with Crippen molar-refractivity contribution in [3.8, 4) is 0 Å². The van der Waals surface area contributed by atoms with E-state index in [1.807, 2.05) is 11.8 Å². The van der Waals surface area contributed by atoms with Crippen LogP contribution in [0.5, 0.6) is 0 Å². The fourth-order valence-corrected chi connectivity index (χ4v) is 3.62. The summed E-state index contributed by atoms with van der Waals surface area (Å²) < 4.78 is 0. The number of hydrogen-bond donors (Lipinski definition) is 1. The second-order valence-corrected chi connectivity index (χ2v) is 5.79. The van der Waals surface area contributed by atoms with Crippen molar-refractivity contribution in [3.05, 3.63) is 35.4 Å². The van der Waals surface area contributed by atoms with Crippen LogP contribution in [0.3, 0.4) is 0 Å². The summed E-state index contributed by atoms with van der Waals surface area (Å²) in [4.78, 5) is 0. The molecule has 1 aliphatic heterocycles. The van der Waals surface area contributed by atoms with Gasteiger partial charge >= 0.3 is 0 Å². The topological polar surface area (TPSA) is 26.0 Å². The maximum absolute atomic E-state index is 6.31. The maximum Gasteiger partial charge on any atom is 0.0331 e. The van der Waals surface area contributed by atoms with Gasteiger partial charge in [0.1, 0.15) is 0 Å². The summed E-state index contributed by atoms with van der Waals surface area (Å²) in [5.41, 5.74) is 9.05. The Morgan fingerprint density at radius 1 is 1.38 bits per heavy atom. The zero-order valence-electron chi connectivity index (χ0n) is 9.99. The van der Waals surface area contributed by atoms with E-state index in [9.17, 15) is 0 Å². The highest BCUT2D eigenvalue weighted by molar-refractivity contribution is 7.99. The van der Waals surface area contributed by atoms with E-state index in [2.05, 4.69) is 31.2 Å². The summed E-state index contributed by atoms with van der Waals surface area (Å²) in [6.45, 7) is 2.22. The van der Waals surface area contributed by atoms with Crippen LogP contribution in [0, 0.1) is 5.92 Å². The molecule has 88 valence electrons. The van der Waals surface area contributed by atoms with Gasteiger partial charge in [-0.2, -0.15) is 11.8 Å². The Morgan fingerprint density at radius 2 is 2.12 bits per heavy atom. The average molecular weight is 235 g/mol. The molecule has 0 aromatic heterocycles. The Morgan fingerprint density at radius 3 is 2.69 bits per heavy atom. The van der Waals surface area contributed by atoms with Crippen molar-refractivity contribution in [2.45, 2.75) is 32.2 Å². The van der Waals surface area contributed by atoms with Gasteiger partial charge < -0.3 is 5.73 Å². The zero-order chi connectivity index (χ0) is 11.4. The normalized spacial score (nSPS) is 22.2. The standard InChI is InChI=1S/C14H21NS/c1-2-3-11-4-6-12(7-5-11)14(15)13-8-9-16-10-13/h4-7,13-14H,2-3,8-10,15H2,1H3. The van der Waals surface area contributed by atoms with Gasteiger partial charge in [-0.05, 0) is 41.4 Å². The number of hydrogen-bond acceptors (Lipinski definition) is 2. The van der Waals surface area contributed by atoms with E-state index in [1.54, 1.807) is 0 Å². The molecule has 2 heteroatoms. The Bertz CT molecular complexity index is 314. The minimum atomic E-state index is 0.241. The van der Waals surface area contributed by atoms with E-state index < -0.39 is 0 Å². The van der Waals surface area contributed by atoms with Crippen LogP contribution < -0.4 is 5.73 Å². The van der Waals surface area contributed by atoms with Gasteiger partial charge in [0.2, 0.25) is 0 Å². The first-order valence-corrected chi connectivity index (χ1v) is 7.39. The molecule has 1 fully saturated rings. The summed E-state index contributed by atoms with van der Waals surface area (Å²) in [6, 6.07) is 9.16. The molecule has 0 amide bonds. The van der Waals surface area contributed by atoms with Crippen LogP contribution in [0.4, 0.5) is 0 Å². The number of benzene rings is 1. The van der Waals surface area contributed by atoms with Crippen molar-refractivity contribution in [1.29, 1.82) is 0 Å². The van der Waals surface area contributed by atoms with E-state index in [1.165, 1.54) is 41.9 Å². The average Bonchev–Trinajstić information content (AvgIpc) is 2.83. The highest BCUT2D eigenvalue weighted by Gasteiger charge is 2.23. The van der Waals surface area contributed by atoms with E-state index in [-0.39, 0.29) is 6.04 Å². The van der Waals surface area contributed by atoms with Gasteiger partial charge in [-0.1, -0.05) is 37.6 Å². The summed E-state index contributed by atoms with van der Waals surface area (Å²) in [6.07, 6.45) is 3.67. The van der Waals surface area contributed by atoms with Crippen molar-refractivity contribution in [2.24, 2.45) is 11.7 Å². The molecule has 2 atom stereocenters. The lowest BCUT2D eigenvalue weighted by molar-refractivity contribution is 0.482. The van der Waals surface area contributed by atoms with E-state index in [0.717, 1.165) is 0 Å². The summed E-state index contributed by atoms with van der Waals surface area (Å²) >= 11 is 2.04. The smallest absolute Gasteiger partial charge is 0.0331 e. The molecule has 0 aliphatic carbocycles. The Hall–Kier alpha value is -0.470. The molecular formula is C14H21NS. The number of thioether (sulfide) groups is 1. The molecule has 1 aromatic carbocycles. The van der Waals surface area contributed by atoms with E-state index in [4.69, 9.17) is 5.73 Å². The molecule has 16 heavy (non-hydrogen) atoms. The van der Waals surface area contributed by atoms with Crippen LogP contribution >= 0.6 is 11.8 Å². The summed E-state index contributed by atoms with van der Waals surface area (Å²) in [5, 5.41) is 0. The van der Waals surface area contributed by atoms with Gasteiger partial charge in [0.25, 0.3) is 0 Å². The molecule has 1 nitrogen and oxygen atoms in total. The van der Waals surface area contributed by atoms with Crippen LogP contribution in [-0.2, 0) is 6.42 Å². The van der Waals surface area contributed by atoms with Crippen molar-refractivity contribution in [3.63, 3.8) is 0 Å². The molecular weight excluding hydrogens is 214 g/mol. The van der Waals surface area contributed by atoms with Gasteiger partial charge in [-0.3, -0.25) is 0 Å². The molecule has 1 heterocycles. The van der Waals surface area contributed by atoms with Crippen molar-refractivity contribution < 1.29 is 0 Å². The van der Waals surface area contributed by atoms with Crippen molar-refractivity contribution in [1.82, 2.24) is 0 Å². The first kappa shape index (κ1) is 12.0. The predicted octanol–water partition coefficient (Wildman–Crippen LogP) is 3.39. The van der Waals surface area contributed by atoms with Gasteiger partial charge in [0.05, 0.1) is 0 Å². The quantitative estimate of drug-likeness (QED) is 0.865. The van der Waals surface area contributed by atoms with Gasteiger partial charge in [0, 0.05) is 6.04 Å². The molecule has 0 saturated carbocycles. The highest BCUT2D eigenvalue weighted by Crippen LogP contribution is 2.32. The molecule has 1 aromatic rings.